The number of rotatable bonds is 6. The Hall–Kier alpha value is -0.360. The van der Waals surface area contributed by atoms with Crippen LogP contribution in [0.3, 0.4) is 0 Å². The topological polar surface area (TPSA) is 59.6 Å². The van der Waals surface area contributed by atoms with E-state index < -0.39 is 0 Å². The maximum absolute atomic E-state index is 12.1. The first kappa shape index (κ1) is 17.7. The monoisotopic (exact) mass is 306 g/mol. The number of amides is 1. The molecule has 2 fully saturated rings. The first-order chi connectivity index (χ1) is 9.26. The van der Waals surface area contributed by atoms with Crippen LogP contribution in [0.4, 0.5) is 0 Å². The van der Waals surface area contributed by atoms with Gasteiger partial charge in [0.1, 0.15) is 6.04 Å². The highest BCUT2D eigenvalue weighted by Gasteiger charge is 2.34. The van der Waals surface area contributed by atoms with Crippen molar-refractivity contribution >= 4 is 18.3 Å². The Morgan fingerprint density at radius 3 is 2.80 bits per heavy atom. The molecule has 1 saturated heterocycles. The fraction of sp³-hybridized carbons (Fsp3) is 0.929. The minimum Gasteiger partial charge on any atom is -0.385 e. The molecule has 0 radical (unpaired) electrons. The zero-order chi connectivity index (χ0) is 13.6. The van der Waals surface area contributed by atoms with Crippen LogP contribution in [0.5, 0.6) is 0 Å². The molecule has 0 aromatic heterocycles. The molecule has 6 heteroatoms. The van der Waals surface area contributed by atoms with Gasteiger partial charge in [-0.3, -0.25) is 4.79 Å². The van der Waals surface area contributed by atoms with Crippen LogP contribution in [0.25, 0.3) is 0 Å². The molecule has 1 unspecified atom stereocenters. The lowest BCUT2D eigenvalue weighted by molar-refractivity contribution is -0.126. The summed E-state index contributed by atoms with van der Waals surface area (Å²) < 4.78 is 10.5. The average Bonchev–Trinajstić information content (AvgIpc) is 2.93. The van der Waals surface area contributed by atoms with E-state index >= 15 is 0 Å². The van der Waals surface area contributed by atoms with Crippen molar-refractivity contribution in [3.8, 4) is 0 Å². The fourth-order valence-electron chi connectivity index (χ4n) is 3.09. The number of morpholine rings is 1. The molecule has 2 N–H and O–H groups in total. The van der Waals surface area contributed by atoms with E-state index in [4.69, 9.17) is 9.47 Å². The minimum absolute atomic E-state index is 0. The summed E-state index contributed by atoms with van der Waals surface area (Å²) in [5.74, 6) is 0.0726. The summed E-state index contributed by atoms with van der Waals surface area (Å²) in [7, 11) is 1.74. The van der Waals surface area contributed by atoms with Crippen LogP contribution in [0, 0.1) is 5.41 Å². The molecular formula is C14H27ClN2O3. The number of hydrogen-bond acceptors (Lipinski definition) is 4. The first-order valence-electron chi connectivity index (χ1n) is 7.34. The van der Waals surface area contributed by atoms with Crippen LogP contribution in [0.2, 0.25) is 0 Å². The number of carbonyl (C=O) groups excluding carboxylic acids is 1. The smallest absolute Gasteiger partial charge is 0.239 e. The van der Waals surface area contributed by atoms with E-state index in [-0.39, 0.29) is 29.8 Å². The van der Waals surface area contributed by atoms with Crippen LogP contribution < -0.4 is 10.6 Å². The third-order valence-corrected chi connectivity index (χ3v) is 4.38. The van der Waals surface area contributed by atoms with Crippen LogP contribution >= 0.6 is 12.4 Å². The second-order valence-electron chi connectivity index (χ2n) is 5.75. The molecule has 1 aliphatic carbocycles. The van der Waals surface area contributed by atoms with Gasteiger partial charge in [0.05, 0.1) is 13.2 Å². The van der Waals surface area contributed by atoms with Crippen molar-refractivity contribution in [2.45, 2.75) is 38.1 Å². The Labute approximate surface area is 127 Å². The van der Waals surface area contributed by atoms with Crippen LogP contribution in [0.15, 0.2) is 0 Å². The summed E-state index contributed by atoms with van der Waals surface area (Å²) in [5.41, 5.74) is 0.251. The summed E-state index contributed by atoms with van der Waals surface area (Å²) in [4.78, 5) is 12.1. The van der Waals surface area contributed by atoms with E-state index in [0.717, 1.165) is 26.1 Å². The lowest BCUT2D eigenvalue weighted by atomic mass is 9.83. The standard InChI is InChI=1S/C14H26N2O3.ClH/c1-18-8-6-14(4-2-3-5-14)11-16-13(17)12-10-19-9-7-15-12;/h12,15H,2-11H2,1H3,(H,16,17);1H. The highest BCUT2D eigenvalue weighted by molar-refractivity contribution is 5.85. The van der Waals surface area contributed by atoms with Crippen molar-refractivity contribution in [1.82, 2.24) is 10.6 Å². The summed E-state index contributed by atoms with van der Waals surface area (Å²) in [6.07, 6.45) is 5.98. The maximum Gasteiger partial charge on any atom is 0.239 e. The molecule has 2 aliphatic rings. The molecule has 118 valence electrons. The predicted molar refractivity (Wildman–Crippen MR) is 80.3 cm³/mol. The fourth-order valence-corrected chi connectivity index (χ4v) is 3.09. The highest BCUT2D eigenvalue weighted by Crippen LogP contribution is 2.40. The average molecular weight is 307 g/mol. The van der Waals surface area contributed by atoms with E-state index in [2.05, 4.69) is 10.6 Å². The molecule has 1 amide bonds. The molecule has 1 heterocycles. The zero-order valence-electron chi connectivity index (χ0n) is 12.3. The van der Waals surface area contributed by atoms with Crippen LogP contribution in [-0.2, 0) is 14.3 Å². The molecule has 0 aromatic carbocycles. The molecule has 0 aromatic rings. The van der Waals surface area contributed by atoms with Crippen molar-refractivity contribution in [2.75, 3.05) is 40.0 Å². The van der Waals surface area contributed by atoms with Crippen molar-refractivity contribution in [3.63, 3.8) is 0 Å². The van der Waals surface area contributed by atoms with Gasteiger partial charge in [0.2, 0.25) is 5.91 Å². The molecule has 0 bridgehead atoms. The minimum atomic E-state index is -0.186. The molecule has 0 spiro atoms. The van der Waals surface area contributed by atoms with Gasteiger partial charge in [-0.25, -0.2) is 0 Å². The van der Waals surface area contributed by atoms with Gasteiger partial charge in [0.25, 0.3) is 0 Å². The van der Waals surface area contributed by atoms with E-state index in [1.54, 1.807) is 7.11 Å². The second kappa shape index (κ2) is 8.82. The Morgan fingerprint density at radius 1 is 1.45 bits per heavy atom. The van der Waals surface area contributed by atoms with Gasteiger partial charge < -0.3 is 20.1 Å². The normalized spacial score (nSPS) is 24.9. The Kier molecular flexibility index (Phi) is 7.80. The maximum atomic E-state index is 12.1. The zero-order valence-corrected chi connectivity index (χ0v) is 13.1. The highest BCUT2D eigenvalue weighted by atomic mass is 35.5. The van der Waals surface area contributed by atoms with Crippen molar-refractivity contribution in [3.05, 3.63) is 0 Å². The van der Waals surface area contributed by atoms with E-state index in [9.17, 15) is 4.79 Å². The largest absolute Gasteiger partial charge is 0.385 e. The summed E-state index contributed by atoms with van der Waals surface area (Å²) in [6.45, 7) is 3.49. The Bertz CT molecular complexity index is 290. The number of carbonyl (C=O) groups is 1. The van der Waals surface area contributed by atoms with Gasteiger partial charge in [-0.2, -0.15) is 0 Å². The van der Waals surface area contributed by atoms with Gasteiger partial charge in [0.15, 0.2) is 0 Å². The van der Waals surface area contributed by atoms with Crippen molar-refractivity contribution in [2.24, 2.45) is 5.41 Å². The summed E-state index contributed by atoms with van der Waals surface area (Å²) in [5, 5.41) is 6.30. The third-order valence-electron chi connectivity index (χ3n) is 4.38. The van der Waals surface area contributed by atoms with Gasteiger partial charge >= 0.3 is 0 Å². The van der Waals surface area contributed by atoms with Gasteiger partial charge in [0, 0.05) is 26.8 Å². The summed E-state index contributed by atoms with van der Waals surface area (Å²) >= 11 is 0. The summed E-state index contributed by atoms with van der Waals surface area (Å²) in [6, 6.07) is -0.186. The van der Waals surface area contributed by atoms with E-state index in [1.165, 1.54) is 25.7 Å². The number of nitrogens with one attached hydrogen (secondary N) is 2. The molecule has 2 rings (SSSR count). The Morgan fingerprint density at radius 2 is 2.20 bits per heavy atom. The number of halogens is 1. The molecule has 1 atom stereocenters. The van der Waals surface area contributed by atoms with E-state index in [1.807, 2.05) is 0 Å². The SMILES string of the molecule is COCCC1(CNC(=O)C2COCCN2)CCCC1.Cl. The number of hydrogen-bond donors (Lipinski definition) is 2. The number of ether oxygens (including phenoxy) is 2. The third kappa shape index (κ3) is 4.88. The van der Waals surface area contributed by atoms with E-state index in [0.29, 0.717) is 13.2 Å². The first-order valence-corrected chi connectivity index (χ1v) is 7.34. The van der Waals surface area contributed by atoms with Gasteiger partial charge in [-0.05, 0) is 24.7 Å². The molecule has 5 nitrogen and oxygen atoms in total. The predicted octanol–water partition coefficient (Wildman–Crippen LogP) is 1.11. The molecule has 1 saturated carbocycles. The van der Waals surface area contributed by atoms with Crippen LogP contribution in [0.1, 0.15) is 32.1 Å². The lowest BCUT2D eigenvalue weighted by Crippen LogP contribution is -2.52. The van der Waals surface area contributed by atoms with Gasteiger partial charge in [-0.15, -0.1) is 12.4 Å². The van der Waals surface area contributed by atoms with Gasteiger partial charge in [-0.1, -0.05) is 12.8 Å². The molecule has 20 heavy (non-hydrogen) atoms. The molecular weight excluding hydrogens is 280 g/mol. The van der Waals surface area contributed by atoms with Crippen molar-refractivity contribution < 1.29 is 14.3 Å². The van der Waals surface area contributed by atoms with Crippen LogP contribution in [-0.4, -0.2) is 52.0 Å². The Balaban J connectivity index is 0.00000200. The number of methoxy groups -OCH3 is 1. The quantitative estimate of drug-likeness (QED) is 0.772. The lowest BCUT2D eigenvalue weighted by Gasteiger charge is -2.30. The molecule has 1 aliphatic heterocycles. The van der Waals surface area contributed by atoms with Crippen molar-refractivity contribution in [1.29, 1.82) is 0 Å². The second-order valence-corrected chi connectivity index (χ2v) is 5.75.